The zero-order valence-corrected chi connectivity index (χ0v) is 10.3. The Hall–Kier alpha value is -0.710. The van der Waals surface area contributed by atoms with Gasteiger partial charge in [-0.05, 0) is 18.4 Å². The molecule has 4 heterocycles. The smallest absolute Gasteiger partial charge is 0.182 e. The van der Waals surface area contributed by atoms with Crippen LogP contribution in [0.15, 0.2) is 11.4 Å². The summed E-state index contributed by atoms with van der Waals surface area (Å²) in [6.45, 7) is 7.33. The van der Waals surface area contributed by atoms with Gasteiger partial charge in [0.25, 0.3) is 0 Å². The highest BCUT2D eigenvalue weighted by atomic mass is 32.1. The van der Waals surface area contributed by atoms with E-state index in [0.29, 0.717) is 5.78 Å². The van der Waals surface area contributed by atoms with Crippen LogP contribution >= 0.6 is 11.3 Å². The van der Waals surface area contributed by atoms with Gasteiger partial charge in [-0.2, -0.15) is 0 Å². The summed E-state index contributed by atoms with van der Waals surface area (Å²) in [5, 5.41) is 2.01. The van der Waals surface area contributed by atoms with Gasteiger partial charge >= 0.3 is 0 Å². The van der Waals surface area contributed by atoms with Crippen molar-refractivity contribution in [2.24, 2.45) is 0 Å². The van der Waals surface area contributed by atoms with Crippen molar-refractivity contribution in [2.45, 2.75) is 13.0 Å². The molecule has 0 saturated carbocycles. The first kappa shape index (κ1) is 10.4. The van der Waals surface area contributed by atoms with Crippen LogP contribution < -0.4 is 0 Å². The molecule has 86 valence electrons. The lowest BCUT2D eigenvalue weighted by Crippen LogP contribution is -2.63. The van der Waals surface area contributed by atoms with Crippen molar-refractivity contribution < 1.29 is 4.79 Å². The maximum atomic E-state index is 12.4. The van der Waals surface area contributed by atoms with Crippen LogP contribution in [0.4, 0.5) is 0 Å². The second kappa shape index (κ2) is 3.95. The Bertz CT molecular complexity index is 407. The Morgan fingerprint density at radius 2 is 2.12 bits per heavy atom. The number of carbonyl (C=O) groups is 1. The van der Waals surface area contributed by atoms with Crippen LogP contribution in [0, 0.1) is 6.92 Å². The van der Waals surface area contributed by atoms with Crippen molar-refractivity contribution in [3.63, 3.8) is 0 Å². The van der Waals surface area contributed by atoms with Crippen molar-refractivity contribution in [1.82, 2.24) is 9.80 Å². The van der Waals surface area contributed by atoms with Gasteiger partial charge in [-0.3, -0.25) is 14.6 Å². The zero-order chi connectivity index (χ0) is 11.1. The molecule has 3 aliphatic rings. The summed E-state index contributed by atoms with van der Waals surface area (Å²) in [6, 6.07) is 2.08. The predicted molar refractivity (Wildman–Crippen MR) is 65.2 cm³/mol. The third-order valence-corrected chi connectivity index (χ3v) is 4.55. The molecule has 1 atom stereocenters. The lowest BCUT2D eigenvalue weighted by molar-refractivity contribution is 0.0159. The molecule has 2 bridgehead atoms. The van der Waals surface area contributed by atoms with E-state index in [1.807, 2.05) is 18.4 Å². The molecule has 1 unspecified atom stereocenters. The maximum absolute atomic E-state index is 12.4. The van der Waals surface area contributed by atoms with Crippen molar-refractivity contribution in [3.8, 4) is 0 Å². The van der Waals surface area contributed by atoms with Crippen LogP contribution in [0.1, 0.15) is 15.2 Å². The van der Waals surface area contributed by atoms with E-state index in [4.69, 9.17) is 0 Å². The van der Waals surface area contributed by atoms with Crippen LogP contribution in [0.5, 0.6) is 0 Å². The summed E-state index contributed by atoms with van der Waals surface area (Å²) in [7, 11) is 0. The summed E-state index contributed by atoms with van der Waals surface area (Å²) in [6.07, 6.45) is 0. The first-order valence-corrected chi connectivity index (χ1v) is 6.68. The number of hydrogen-bond acceptors (Lipinski definition) is 4. The summed E-state index contributed by atoms with van der Waals surface area (Å²) in [5.41, 5.74) is 0.934. The number of nitrogens with zero attached hydrogens (tertiary/aromatic N) is 2. The Morgan fingerprint density at radius 3 is 2.62 bits per heavy atom. The van der Waals surface area contributed by atoms with Gasteiger partial charge in [-0.15, -0.1) is 11.3 Å². The number of thiophene rings is 1. The molecule has 3 aliphatic heterocycles. The van der Waals surface area contributed by atoms with E-state index in [2.05, 4.69) is 9.80 Å². The zero-order valence-electron chi connectivity index (χ0n) is 9.48. The maximum Gasteiger partial charge on any atom is 0.182 e. The molecule has 3 fully saturated rings. The van der Waals surface area contributed by atoms with Crippen molar-refractivity contribution in [3.05, 3.63) is 21.9 Å². The number of Topliss-reactive ketones (excluding diaryl/α,β-unsaturated/α-hetero) is 1. The average molecular weight is 236 g/mol. The van der Waals surface area contributed by atoms with Gasteiger partial charge < -0.3 is 0 Å². The van der Waals surface area contributed by atoms with Gasteiger partial charge in [0.1, 0.15) is 0 Å². The number of ketones is 1. The molecule has 0 amide bonds. The first-order valence-electron chi connectivity index (χ1n) is 5.80. The lowest BCUT2D eigenvalue weighted by Gasteiger charge is -2.46. The molecule has 0 aromatic carbocycles. The van der Waals surface area contributed by atoms with E-state index in [1.165, 1.54) is 0 Å². The Labute approximate surface area is 99.7 Å². The molecular formula is C12H16N2OS. The van der Waals surface area contributed by atoms with Crippen molar-refractivity contribution in [1.29, 1.82) is 0 Å². The fraction of sp³-hybridized carbons (Fsp3) is 0.583. The van der Waals surface area contributed by atoms with Crippen LogP contribution in [0.25, 0.3) is 0 Å². The minimum absolute atomic E-state index is 0.107. The number of hydrogen-bond donors (Lipinski definition) is 0. The standard InChI is InChI=1S/C12H16N2OS/c1-9-10(2-7-16-9)12(15)11-8-13-3-5-14(11)6-4-13/h2,7,11H,3-6,8H2,1H3. The van der Waals surface area contributed by atoms with Gasteiger partial charge in [-0.1, -0.05) is 0 Å². The number of rotatable bonds is 2. The highest BCUT2D eigenvalue weighted by molar-refractivity contribution is 7.10. The fourth-order valence-electron chi connectivity index (χ4n) is 2.69. The van der Waals surface area contributed by atoms with E-state index in [0.717, 1.165) is 43.2 Å². The van der Waals surface area contributed by atoms with Crippen LogP contribution in [0.2, 0.25) is 0 Å². The monoisotopic (exact) mass is 236 g/mol. The van der Waals surface area contributed by atoms with Crippen molar-refractivity contribution in [2.75, 3.05) is 32.7 Å². The fourth-order valence-corrected chi connectivity index (χ4v) is 3.39. The molecule has 3 saturated heterocycles. The molecule has 4 rings (SSSR count). The highest BCUT2D eigenvalue weighted by Gasteiger charge is 2.36. The largest absolute Gasteiger partial charge is 0.299 e. The summed E-state index contributed by atoms with van der Waals surface area (Å²) >= 11 is 1.66. The molecule has 0 spiro atoms. The summed E-state index contributed by atoms with van der Waals surface area (Å²) in [4.78, 5) is 18.3. The lowest BCUT2D eigenvalue weighted by atomic mass is 9.99. The Morgan fingerprint density at radius 1 is 1.38 bits per heavy atom. The molecule has 0 aliphatic carbocycles. The number of carbonyl (C=O) groups excluding carboxylic acids is 1. The topological polar surface area (TPSA) is 23.6 Å². The normalized spacial score (nSPS) is 32.9. The van der Waals surface area contributed by atoms with Crippen molar-refractivity contribution >= 4 is 17.1 Å². The number of fused-ring (bicyclic) bond motifs is 3. The molecule has 0 N–H and O–H groups in total. The minimum Gasteiger partial charge on any atom is -0.299 e. The second-order valence-electron chi connectivity index (χ2n) is 4.61. The molecule has 3 nitrogen and oxygen atoms in total. The van der Waals surface area contributed by atoms with E-state index >= 15 is 0 Å². The third kappa shape index (κ3) is 1.61. The molecule has 4 heteroatoms. The average Bonchev–Trinajstić information content (AvgIpc) is 2.76. The van der Waals surface area contributed by atoms with Gasteiger partial charge in [0, 0.05) is 43.2 Å². The summed E-state index contributed by atoms with van der Waals surface area (Å²) < 4.78 is 0. The predicted octanol–water partition coefficient (Wildman–Crippen LogP) is 1.24. The molecule has 1 aromatic heterocycles. The second-order valence-corrected chi connectivity index (χ2v) is 5.73. The Kier molecular flexibility index (Phi) is 2.58. The number of piperazine rings is 3. The molecule has 1 aromatic rings. The van der Waals surface area contributed by atoms with E-state index < -0.39 is 0 Å². The van der Waals surface area contributed by atoms with Crippen LogP contribution in [-0.2, 0) is 0 Å². The summed E-state index contributed by atoms with van der Waals surface area (Å²) in [5.74, 6) is 0.322. The first-order chi connectivity index (χ1) is 7.75. The van der Waals surface area contributed by atoms with E-state index in [1.54, 1.807) is 11.3 Å². The Balaban J connectivity index is 1.83. The quantitative estimate of drug-likeness (QED) is 0.722. The number of aryl methyl sites for hydroxylation is 1. The van der Waals surface area contributed by atoms with E-state index in [9.17, 15) is 4.79 Å². The molecule has 0 radical (unpaired) electrons. The van der Waals surface area contributed by atoms with Gasteiger partial charge in [0.2, 0.25) is 0 Å². The third-order valence-electron chi connectivity index (χ3n) is 3.71. The van der Waals surface area contributed by atoms with Crippen LogP contribution in [-0.4, -0.2) is 54.3 Å². The van der Waals surface area contributed by atoms with Crippen LogP contribution in [0.3, 0.4) is 0 Å². The molecule has 16 heavy (non-hydrogen) atoms. The highest BCUT2D eigenvalue weighted by Crippen LogP contribution is 2.23. The van der Waals surface area contributed by atoms with Gasteiger partial charge in [0.05, 0.1) is 6.04 Å². The van der Waals surface area contributed by atoms with E-state index in [-0.39, 0.29) is 6.04 Å². The van der Waals surface area contributed by atoms with Gasteiger partial charge in [0.15, 0.2) is 5.78 Å². The minimum atomic E-state index is 0.107. The SMILES string of the molecule is Cc1sccc1C(=O)C1CN2CCN1CC2. The molecular weight excluding hydrogens is 220 g/mol. The van der Waals surface area contributed by atoms with Gasteiger partial charge in [-0.25, -0.2) is 0 Å².